The maximum Gasteiger partial charge on any atom is 0.243 e. The average molecular weight is 393 g/mol. The Morgan fingerprint density at radius 1 is 1.08 bits per heavy atom. The van der Waals surface area contributed by atoms with E-state index >= 15 is 0 Å². The van der Waals surface area contributed by atoms with Crippen molar-refractivity contribution >= 4 is 27.3 Å². The summed E-state index contributed by atoms with van der Waals surface area (Å²) in [6.07, 6.45) is 0.381. The molecule has 0 unspecified atom stereocenters. The van der Waals surface area contributed by atoms with Crippen molar-refractivity contribution in [3.05, 3.63) is 51.2 Å². The third-order valence-corrected chi connectivity index (χ3v) is 7.67. The van der Waals surface area contributed by atoms with E-state index in [1.165, 1.54) is 4.31 Å². The lowest BCUT2D eigenvalue weighted by atomic mass is 10.1. The van der Waals surface area contributed by atoms with E-state index in [2.05, 4.69) is 0 Å². The van der Waals surface area contributed by atoms with Gasteiger partial charge in [-0.1, -0.05) is 17.7 Å². The fourth-order valence-electron chi connectivity index (χ4n) is 3.56. The van der Waals surface area contributed by atoms with E-state index < -0.39 is 10.0 Å². The Morgan fingerprint density at radius 3 is 2.23 bits per heavy atom. The molecule has 1 aliphatic rings. The van der Waals surface area contributed by atoms with Gasteiger partial charge in [0.15, 0.2) is 0 Å². The Balaban J connectivity index is 1.70. The highest BCUT2D eigenvalue weighted by Crippen LogP contribution is 2.26. The van der Waals surface area contributed by atoms with Crippen LogP contribution in [-0.4, -0.2) is 49.7 Å². The van der Waals surface area contributed by atoms with Gasteiger partial charge in [-0.3, -0.25) is 4.79 Å². The molecule has 2 aromatic rings. The Bertz CT molecular complexity index is 874. The van der Waals surface area contributed by atoms with Gasteiger partial charge in [-0.2, -0.15) is 15.6 Å². The Kier molecular flexibility index (Phi) is 5.50. The number of hydrogen-bond acceptors (Lipinski definition) is 4. The predicted octanol–water partition coefficient (Wildman–Crippen LogP) is 2.75. The lowest BCUT2D eigenvalue weighted by Crippen LogP contribution is -2.51. The second kappa shape index (κ2) is 7.50. The summed E-state index contributed by atoms with van der Waals surface area (Å²) in [5, 5.41) is 3.93. The molecule has 0 N–H and O–H groups in total. The van der Waals surface area contributed by atoms with Gasteiger partial charge in [0.25, 0.3) is 0 Å². The van der Waals surface area contributed by atoms with Gasteiger partial charge in [0.2, 0.25) is 15.9 Å². The smallest absolute Gasteiger partial charge is 0.243 e. The number of aryl methyl sites for hydroxylation is 3. The van der Waals surface area contributed by atoms with Gasteiger partial charge in [-0.05, 0) is 54.3 Å². The third-order valence-electron chi connectivity index (χ3n) is 4.73. The summed E-state index contributed by atoms with van der Waals surface area (Å²) < 4.78 is 27.7. The zero-order valence-electron chi connectivity index (χ0n) is 15.4. The van der Waals surface area contributed by atoms with Crippen molar-refractivity contribution in [3.8, 4) is 0 Å². The molecule has 1 aromatic carbocycles. The summed E-state index contributed by atoms with van der Waals surface area (Å²) in [6, 6.07) is 5.76. The second-order valence-corrected chi connectivity index (χ2v) is 9.48. The molecule has 1 fully saturated rings. The van der Waals surface area contributed by atoms with Crippen LogP contribution in [0.25, 0.3) is 0 Å². The minimum absolute atomic E-state index is 0.0585. The predicted molar refractivity (Wildman–Crippen MR) is 104 cm³/mol. The van der Waals surface area contributed by atoms with E-state index in [1.54, 1.807) is 16.2 Å². The SMILES string of the molecule is Cc1cc(C)c(S(=O)(=O)N2CCN(C(=O)Cc3ccsc3)CC2)c(C)c1. The number of thiophene rings is 1. The molecule has 1 aliphatic heterocycles. The van der Waals surface area contributed by atoms with Gasteiger partial charge >= 0.3 is 0 Å². The monoisotopic (exact) mass is 392 g/mol. The van der Waals surface area contributed by atoms with Crippen molar-refractivity contribution < 1.29 is 13.2 Å². The van der Waals surface area contributed by atoms with Crippen LogP contribution >= 0.6 is 11.3 Å². The normalized spacial score (nSPS) is 16.0. The zero-order valence-corrected chi connectivity index (χ0v) is 17.0. The molecule has 26 heavy (non-hydrogen) atoms. The molecule has 2 heterocycles. The van der Waals surface area contributed by atoms with Crippen molar-refractivity contribution in [1.29, 1.82) is 0 Å². The number of rotatable bonds is 4. The molecule has 0 spiro atoms. The van der Waals surface area contributed by atoms with Crippen LogP contribution in [0.15, 0.2) is 33.9 Å². The lowest BCUT2D eigenvalue weighted by Gasteiger charge is -2.34. The van der Waals surface area contributed by atoms with Gasteiger partial charge in [0.1, 0.15) is 0 Å². The molecular weight excluding hydrogens is 368 g/mol. The zero-order chi connectivity index (χ0) is 18.9. The molecule has 0 atom stereocenters. The number of amides is 1. The van der Waals surface area contributed by atoms with E-state index in [1.807, 2.05) is 49.7 Å². The van der Waals surface area contributed by atoms with Crippen molar-refractivity contribution in [2.75, 3.05) is 26.2 Å². The molecule has 1 aromatic heterocycles. The van der Waals surface area contributed by atoms with Crippen LogP contribution in [0.3, 0.4) is 0 Å². The van der Waals surface area contributed by atoms with Crippen LogP contribution < -0.4 is 0 Å². The molecule has 0 aliphatic carbocycles. The van der Waals surface area contributed by atoms with E-state index in [-0.39, 0.29) is 5.91 Å². The molecular formula is C19H24N2O3S2. The molecule has 1 amide bonds. The number of benzene rings is 1. The minimum atomic E-state index is -3.54. The molecule has 5 nitrogen and oxygen atoms in total. The number of hydrogen-bond donors (Lipinski definition) is 0. The molecule has 140 valence electrons. The fraction of sp³-hybridized carbons (Fsp3) is 0.421. The summed E-state index contributed by atoms with van der Waals surface area (Å²) in [6.45, 7) is 7.20. The summed E-state index contributed by atoms with van der Waals surface area (Å²) in [4.78, 5) is 14.6. The summed E-state index contributed by atoms with van der Waals surface area (Å²) in [7, 11) is -3.54. The van der Waals surface area contributed by atoms with Crippen LogP contribution in [0.5, 0.6) is 0 Å². The van der Waals surface area contributed by atoms with Gasteiger partial charge in [-0.15, -0.1) is 0 Å². The quantitative estimate of drug-likeness (QED) is 0.804. The molecule has 0 bridgehead atoms. The Hall–Kier alpha value is -1.70. The maximum atomic E-state index is 13.1. The fourth-order valence-corrected chi connectivity index (χ4v) is 6.06. The standard InChI is InChI=1S/C19H24N2O3S2/c1-14-10-15(2)19(16(3)11-14)26(23,24)21-7-5-20(6-8-21)18(22)12-17-4-9-25-13-17/h4,9-11,13H,5-8,12H2,1-3H3. The van der Waals surface area contributed by atoms with Crippen LogP contribution in [0.4, 0.5) is 0 Å². The third kappa shape index (κ3) is 3.84. The van der Waals surface area contributed by atoms with Crippen LogP contribution in [-0.2, 0) is 21.2 Å². The summed E-state index contributed by atoms with van der Waals surface area (Å²) >= 11 is 1.57. The number of sulfonamides is 1. The van der Waals surface area contributed by atoms with Crippen LogP contribution in [0, 0.1) is 20.8 Å². The Labute approximate surface area is 159 Å². The first-order valence-corrected chi connectivity index (χ1v) is 11.0. The minimum Gasteiger partial charge on any atom is -0.340 e. The molecule has 3 rings (SSSR count). The summed E-state index contributed by atoms with van der Waals surface area (Å²) in [5.41, 5.74) is 3.63. The van der Waals surface area contributed by atoms with Crippen molar-refractivity contribution in [2.45, 2.75) is 32.1 Å². The summed E-state index contributed by atoms with van der Waals surface area (Å²) in [5.74, 6) is 0.0585. The van der Waals surface area contributed by atoms with Gasteiger partial charge in [0, 0.05) is 26.2 Å². The highest BCUT2D eigenvalue weighted by molar-refractivity contribution is 7.89. The van der Waals surface area contributed by atoms with Crippen molar-refractivity contribution in [1.82, 2.24) is 9.21 Å². The van der Waals surface area contributed by atoms with Crippen LogP contribution in [0.2, 0.25) is 0 Å². The first-order chi connectivity index (χ1) is 12.3. The number of carbonyl (C=O) groups is 1. The molecule has 7 heteroatoms. The maximum absolute atomic E-state index is 13.1. The largest absolute Gasteiger partial charge is 0.340 e. The topological polar surface area (TPSA) is 57.7 Å². The van der Waals surface area contributed by atoms with Gasteiger partial charge < -0.3 is 4.90 Å². The van der Waals surface area contributed by atoms with E-state index in [4.69, 9.17) is 0 Å². The number of carbonyl (C=O) groups excluding carboxylic acids is 1. The molecule has 0 saturated carbocycles. The van der Waals surface area contributed by atoms with Crippen molar-refractivity contribution in [3.63, 3.8) is 0 Å². The van der Waals surface area contributed by atoms with E-state index in [9.17, 15) is 13.2 Å². The number of nitrogens with zero attached hydrogens (tertiary/aromatic N) is 2. The lowest BCUT2D eigenvalue weighted by molar-refractivity contribution is -0.131. The highest BCUT2D eigenvalue weighted by Gasteiger charge is 2.32. The second-order valence-electron chi connectivity index (χ2n) is 6.82. The first-order valence-electron chi connectivity index (χ1n) is 8.66. The van der Waals surface area contributed by atoms with Crippen LogP contribution in [0.1, 0.15) is 22.3 Å². The van der Waals surface area contributed by atoms with Crippen molar-refractivity contribution in [2.24, 2.45) is 0 Å². The highest BCUT2D eigenvalue weighted by atomic mass is 32.2. The molecule has 1 saturated heterocycles. The van der Waals surface area contributed by atoms with E-state index in [0.29, 0.717) is 37.5 Å². The van der Waals surface area contributed by atoms with E-state index in [0.717, 1.165) is 22.3 Å². The Morgan fingerprint density at radius 2 is 1.69 bits per heavy atom. The van der Waals surface area contributed by atoms with Gasteiger partial charge in [0.05, 0.1) is 11.3 Å². The molecule has 0 radical (unpaired) electrons. The first kappa shape index (κ1) is 19.1. The number of piperazine rings is 1. The average Bonchev–Trinajstić information content (AvgIpc) is 3.06. The van der Waals surface area contributed by atoms with Gasteiger partial charge in [-0.25, -0.2) is 8.42 Å².